The molecule has 144 valence electrons. The van der Waals surface area contributed by atoms with Crippen LogP contribution < -0.4 is 0 Å². The monoisotopic (exact) mass is 447 g/mol. The highest BCUT2D eigenvalue weighted by Crippen LogP contribution is 2.23. The summed E-state index contributed by atoms with van der Waals surface area (Å²) in [7, 11) is 0. The molecule has 0 unspecified atom stereocenters. The van der Waals surface area contributed by atoms with Crippen molar-refractivity contribution in [3.05, 3.63) is 87.2 Å². The molecule has 0 fully saturated rings. The van der Waals surface area contributed by atoms with Gasteiger partial charge in [0.05, 0.1) is 5.56 Å². The minimum atomic E-state index is -0.964. The molecule has 0 saturated carbocycles. The summed E-state index contributed by atoms with van der Waals surface area (Å²) in [6.07, 6.45) is 0. The third-order valence-corrected chi connectivity index (χ3v) is 4.78. The summed E-state index contributed by atoms with van der Waals surface area (Å²) < 4.78 is 34.2. The van der Waals surface area contributed by atoms with E-state index in [1.165, 1.54) is 0 Å². The number of hydrogen-bond acceptors (Lipinski definition) is 3. The summed E-state index contributed by atoms with van der Waals surface area (Å²) in [6.45, 7) is 3.14. The quantitative estimate of drug-likeness (QED) is 0.400. The van der Waals surface area contributed by atoms with Crippen LogP contribution in [0.15, 0.2) is 53.0 Å². The molecule has 0 spiro atoms. The topological polar surface area (TPSA) is 48.3 Å². The Bertz CT molecular complexity index is 1040. The molecule has 0 aliphatic carbocycles. The van der Waals surface area contributed by atoms with Crippen LogP contribution in [-0.4, -0.2) is 22.9 Å². The lowest BCUT2D eigenvalue weighted by molar-refractivity contribution is 0.0473. The molecule has 0 radical (unpaired) electrons. The first-order valence-corrected chi connectivity index (χ1v) is 9.17. The normalized spacial score (nSPS) is 10.8. The van der Waals surface area contributed by atoms with Gasteiger partial charge >= 0.3 is 5.97 Å². The molecule has 0 atom stereocenters. The molecule has 0 N–H and O–H groups in total. The Morgan fingerprint density at radius 1 is 1.00 bits per heavy atom. The first-order chi connectivity index (χ1) is 13.3. The zero-order chi connectivity index (χ0) is 20.4. The number of aryl methyl sites for hydroxylation is 1. The van der Waals surface area contributed by atoms with Crippen LogP contribution in [0.5, 0.6) is 0 Å². The maximum Gasteiger partial charge on any atom is 0.338 e. The molecular weight excluding hydrogens is 432 g/mol. The molecular formula is C21H16BrF2NO3. The van der Waals surface area contributed by atoms with Gasteiger partial charge in [-0.1, -0.05) is 15.9 Å². The number of ether oxygens (including phenoxy) is 1. The van der Waals surface area contributed by atoms with Gasteiger partial charge in [-0.2, -0.15) is 0 Å². The van der Waals surface area contributed by atoms with Crippen LogP contribution in [0.2, 0.25) is 0 Å². The maximum atomic E-state index is 13.2. The van der Waals surface area contributed by atoms with Gasteiger partial charge in [0.1, 0.15) is 11.6 Å². The first kappa shape index (κ1) is 19.9. The third-order valence-electron chi connectivity index (χ3n) is 4.25. The van der Waals surface area contributed by atoms with Crippen LogP contribution in [0, 0.1) is 25.5 Å². The van der Waals surface area contributed by atoms with E-state index in [4.69, 9.17) is 4.74 Å². The van der Waals surface area contributed by atoms with Crippen LogP contribution in [-0.2, 0) is 4.74 Å². The van der Waals surface area contributed by atoms with Gasteiger partial charge in [0.25, 0.3) is 0 Å². The summed E-state index contributed by atoms with van der Waals surface area (Å²) in [5.74, 6) is -3.15. The van der Waals surface area contributed by atoms with Crippen LogP contribution in [0.4, 0.5) is 8.78 Å². The highest BCUT2D eigenvalue weighted by atomic mass is 79.9. The van der Waals surface area contributed by atoms with Crippen LogP contribution in [0.25, 0.3) is 5.69 Å². The van der Waals surface area contributed by atoms with E-state index in [-0.39, 0.29) is 5.56 Å². The van der Waals surface area contributed by atoms with Gasteiger partial charge in [-0.3, -0.25) is 4.79 Å². The maximum absolute atomic E-state index is 13.2. The summed E-state index contributed by atoms with van der Waals surface area (Å²) >= 11 is 3.39. The van der Waals surface area contributed by atoms with Gasteiger partial charge in [0.15, 0.2) is 6.61 Å². The Hall–Kier alpha value is -2.80. The van der Waals surface area contributed by atoms with Gasteiger partial charge in [-0.25, -0.2) is 13.6 Å². The SMILES string of the molecule is Cc1cc(C(=O)COC(=O)c2cc(F)cc(F)c2)c(C)n1-c1ccc(Br)cc1. The summed E-state index contributed by atoms with van der Waals surface area (Å²) in [5, 5.41) is 0. The summed E-state index contributed by atoms with van der Waals surface area (Å²) in [6, 6.07) is 11.7. The highest BCUT2D eigenvalue weighted by molar-refractivity contribution is 9.10. The second-order valence-corrected chi connectivity index (χ2v) is 7.17. The zero-order valence-corrected chi connectivity index (χ0v) is 16.7. The van der Waals surface area contributed by atoms with Crippen LogP contribution >= 0.6 is 15.9 Å². The Labute approximate surface area is 168 Å². The molecule has 4 nitrogen and oxygen atoms in total. The van der Waals surface area contributed by atoms with E-state index in [2.05, 4.69) is 15.9 Å². The van der Waals surface area contributed by atoms with E-state index in [9.17, 15) is 18.4 Å². The van der Waals surface area contributed by atoms with Gasteiger partial charge in [0.2, 0.25) is 5.78 Å². The Morgan fingerprint density at radius 2 is 1.61 bits per heavy atom. The molecule has 0 bridgehead atoms. The van der Waals surface area contributed by atoms with Crippen molar-refractivity contribution >= 4 is 27.7 Å². The minimum absolute atomic E-state index is 0.286. The standard InChI is InChI=1S/C21H16BrF2NO3/c1-12-7-19(13(2)25(12)18-5-3-15(22)4-6-18)20(26)11-28-21(27)14-8-16(23)10-17(24)9-14/h3-10H,11H2,1-2H3. The lowest BCUT2D eigenvalue weighted by Crippen LogP contribution is -2.15. The lowest BCUT2D eigenvalue weighted by atomic mass is 10.1. The van der Waals surface area contributed by atoms with Crippen LogP contribution in [0.1, 0.15) is 32.1 Å². The van der Waals surface area contributed by atoms with Gasteiger partial charge in [-0.15, -0.1) is 0 Å². The van der Waals surface area contributed by atoms with Crippen molar-refractivity contribution in [3.63, 3.8) is 0 Å². The molecule has 3 rings (SSSR count). The molecule has 2 aromatic carbocycles. The highest BCUT2D eigenvalue weighted by Gasteiger charge is 2.19. The molecule has 28 heavy (non-hydrogen) atoms. The fourth-order valence-electron chi connectivity index (χ4n) is 3.00. The van der Waals surface area contributed by atoms with E-state index < -0.39 is 30.0 Å². The second kappa shape index (κ2) is 8.06. The van der Waals surface area contributed by atoms with Crippen molar-refractivity contribution < 1.29 is 23.1 Å². The zero-order valence-electron chi connectivity index (χ0n) is 15.1. The number of nitrogens with zero attached hydrogens (tertiary/aromatic N) is 1. The largest absolute Gasteiger partial charge is 0.454 e. The van der Waals surface area contributed by atoms with Crippen LogP contribution in [0.3, 0.4) is 0 Å². The molecule has 0 saturated heterocycles. The number of esters is 1. The Morgan fingerprint density at radius 3 is 2.21 bits per heavy atom. The van der Waals surface area contributed by atoms with Crippen molar-refractivity contribution in [1.82, 2.24) is 4.57 Å². The number of hydrogen-bond donors (Lipinski definition) is 0. The lowest BCUT2D eigenvalue weighted by Gasteiger charge is -2.10. The molecule has 0 amide bonds. The van der Waals surface area contributed by atoms with Crippen molar-refractivity contribution in [2.24, 2.45) is 0 Å². The number of Topliss-reactive ketones (excluding diaryl/α,β-unsaturated/α-hetero) is 1. The Balaban J connectivity index is 1.77. The first-order valence-electron chi connectivity index (χ1n) is 8.37. The van der Waals surface area contributed by atoms with E-state index in [1.807, 2.05) is 35.8 Å². The molecule has 1 heterocycles. The molecule has 7 heteroatoms. The summed E-state index contributed by atoms with van der Waals surface area (Å²) in [4.78, 5) is 24.5. The number of carbonyl (C=O) groups is 2. The fraction of sp³-hybridized carbons (Fsp3) is 0.143. The van der Waals surface area contributed by atoms with Crippen molar-refractivity contribution in [2.45, 2.75) is 13.8 Å². The smallest absolute Gasteiger partial charge is 0.338 e. The minimum Gasteiger partial charge on any atom is -0.454 e. The van der Waals surface area contributed by atoms with Crippen molar-refractivity contribution in [2.75, 3.05) is 6.61 Å². The van der Waals surface area contributed by atoms with Gasteiger partial charge in [-0.05, 0) is 56.3 Å². The molecule has 1 aromatic heterocycles. The van der Waals surface area contributed by atoms with E-state index in [0.717, 1.165) is 28.0 Å². The van der Waals surface area contributed by atoms with E-state index in [0.29, 0.717) is 17.3 Å². The number of benzene rings is 2. The average molecular weight is 448 g/mol. The molecule has 3 aromatic rings. The number of aromatic nitrogens is 1. The van der Waals surface area contributed by atoms with Gasteiger partial charge in [0, 0.05) is 33.2 Å². The summed E-state index contributed by atoms with van der Waals surface area (Å²) in [5.41, 5.74) is 2.58. The number of ketones is 1. The van der Waals surface area contributed by atoms with E-state index in [1.54, 1.807) is 13.0 Å². The number of carbonyl (C=O) groups excluding carboxylic acids is 2. The molecule has 0 aliphatic rings. The average Bonchev–Trinajstić information content (AvgIpc) is 2.94. The Kier molecular flexibility index (Phi) is 5.74. The van der Waals surface area contributed by atoms with Gasteiger partial charge < -0.3 is 9.30 Å². The fourth-order valence-corrected chi connectivity index (χ4v) is 3.26. The molecule has 0 aliphatic heterocycles. The van der Waals surface area contributed by atoms with Crippen molar-refractivity contribution in [3.8, 4) is 5.69 Å². The predicted molar refractivity (Wildman–Crippen MR) is 104 cm³/mol. The van der Waals surface area contributed by atoms with Crippen molar-refractivity contribution in [1.29, 1.82) is 0 Å². The van der Waals surface area contributed by atoms with E-state index >= 15 is 0 Å². The predicted octanol–water partition coefficient (Wildman–Crippen LogP) is 5.17. The second-order valence-electron chi connectivity index (χ2n) is 6.25. The number of halogens is 3. The third kappa shape index (κ3) is 4.20. The number of rotatable bonds is 5.